The lowest BCUT2D eigenvalue weighted by molar-refractivity contribution is -0.131. The molecule has 96 valence electrons. The van der Waals surface area contributed by atoms with Crippen LogP contribution in [-0.2, 0) is 4.79 Å². The predicted molar refractivity (Wildman–Crippen MR) is 67.6 cm³/mol. The lowest BCUT2D eigenvalue weighted by Crippen LogP contribution is -2.44. The van der Waals surface area contributed by atoms with Gasteiger partial charge in [-0.25, -0.2) is 0 Å². The molecule has 3 fully saturated rings. The first kappa shape index (κ1) is 11.5. The summed E-state index contributed by atoms with van der Waals surface area (Å²) in [5, 5.41) is 3.31. The fourth-order valence-corrected chi connectivity index (χ4v) is 2.89. The average molecular weight is 236 g/mol. The van der Waals surface area contributed by atoms with Crippen molar-refractivity contribution in [2.45, 2.75) is 44.6 Å². The fourth-order valence-electron chi connectivity index (χ4n) is 2.89. The molecule has 0 aromatic rings. The molecule has 1 amide bonds. The standard InChI is InChI=1S/C14H24N2O/c1-16(13(17)9-15-8-10-2-3-10)14(11-4-5-11)12-6-7-12/h10-12,14-15H,2-9H2,1H3. The summed E-state index contributed by atoms with van der Waals surface area (Å²) in [6.07, 6.45) is 8.07. The number of likely N-dealkylation sites (N-methyl/N-ethyl adjacent to an activating group) is 1. The Morgan fingerprint density at radius 1 is 1.18 bits per heavy atom. The molecule has 0 aromatic heterocycles. The number of amides is 1. The summed E-state index contributed by atoms with van der Waals surface area (Å²) in [4.78, 5) is 14.2. The third kappa shape index (κ3) is 3.01. The molecular weight excluding hydrogens is 212 g/mol. The zero-order valence-electron chi connectivity index (χ0n) is 10.8. The fraction of sp³-hybridized carbons (Fsp3) is 0.929. The second-order valence-corrected chi connectivity index (χ2v) is 6.24. The van der Waals surface area contributed by atoms with E-state index < -0.39 is 0 Å². The summed E-state index contributed by atoms with van der Waals surface area (Å²) in [6, 6.07) is 0.560. The maximum absolute atomic E-state index is 12.1. The van der Waals surface area contributed by atoms with Crippen LogP contribution in [0.1, 0.15) is 38.5 Å². The number of nitrogens with zero attached hydrogens (tertiary/aromatic N) is 1. The van der Waals surface area contributed by atoms with Crippen molar-refractivity contribution in [1.29, 1.82) is 0 Å². The molecule has 0 spiro atoms. The zero-order valence-corrected chi connectivity index (χ0v) is 10.8. The highest BCUT2D eigenvalue weighted by atomic mass is 16.2. The van der Waals surface area contributed by atoms with Crippen LogP contribution in [0.5, 0.6) is 0 Å². The van der Waals surface area contributed by atoms with Crippen LogP contribution in [0.2, 0.25) is 0 Å². The molecule has 0 aliphatic heterocycles. The van der Waals surface area contributed by atoms with Gasteiger partial charge in [-0.3, -0.25) is 4.79 Å². The smallest absolute Gasteiger partial charge is 0.236 e. The van der Waals surface area contributed by atoms with Gasteiger partial charge in [-0.05, 0) is 62.8 Å². The summed E-state index contributed by atoms with van der Waals surface area (Å²) in [6.45, 7) is 1.58. The van der Waals surface area contributed by atoms with E-state index in [2.05, 4.69) is 10.2 Å². The van der Waals surface area contributed by atoms with Crippen molar-refractivity contribution in [2.24, 2.45) is 17.8 Å². The van der Waals surface area contributed by atoms with Crippen LogP contribution in [-0.4, -0.2) is 37.0 Å². The van der Waals surface area contributed by atoms with Gasteiger partial charge in [0.1, 0.15) is 0 Å². The number of hydrogen-bond donors (Lipinski definition) is 1. The molecule has 3 aliphatic carbocycles. The van der Waals surface area contributed by atoms with Gasteiger partial charge in [-0.2, -0.15) is 0 Å². The van der Waals surface area contributed by atoms with E-state index in [1.54, 1.807) is 0 Å². The van der Waals surface area contributed by atoms with E-state index in [-0.39, 0.29) is 0 Å². The molecule has 0 radical (unpaired) electrons. The second-order valence-electron chi connectivity index (χ2n) is 6.24. The van der Waals surface area contributed by atoms with E-state index in [0.29, 0.717) is 18.5 Å². The molecule has 0 atom stereocenters. The molecule has 3 aliphatic rings. The average Bonchev–Trinajstić information content (AvgIpc) is 3.14. The van der Waals surface area contributed by atoms with Crippen LogP contribution in [0.3, 0.4) is 0 Å². The van der Waals surface area contributed by atoms with Crippen LogP contribution in [0.15, 0.2) is 0 Å². The molecule has 3 saturated carbocycles. The highest BCUT2D eigenvalue weighted by Gasteiger charge is 2.44. The molecule has 17 heavy (non-hydrogen) atoms. The third-order valence-corrected chi connectivity index (χ3v) is 4.46. The number of hydrogen-bond acceptors (Lipinski definition) is 2. The van der Waals surface area contributed by atoms with Gasteiger partial charge < -0.3 is 10.2 Å². The van der Waals surface area contributed by atoms with Gasteiger partial charge in [0.2, 0.25) is 5.91 Å². The molecule has 0 bridgehead atoms. The minimum atomic E-state index is 0.300. The van der Waals surface area contributed by atoms with E-state index in [1.807, 2.05) is 7.05 Å². The molecule has 3 heteroatoms. The molecule has 3 nitrogen and oxygen atoms in total. The first-order valence-electron chi connectivity index (χ1n) is 7.22. The Morgan fingerprint density at radius 2 is 1.76 bits per heavy atom. The Balaban J connectivity index is 1.45. The van der Waals surface area contributed by atoms with E-state index in [4.69, 9.17) is 0 Å². The Hall–Kier alpha value is -0.570. The van der Waals surface area contributed by atoms with Gasteiger partial charge in [0.15, 0.2) is 0 Å². The van der Waals surface area contributed by atoms with Gasteiger partial charge in [0.25, 0.3) is 0 Å². The molecular formula is C14H24N2O. The number of nitrogens with one attached hydrogen (secondary N) is 1. The number of carbonyl (C=O) groups excluding carboxylic acids is 1. The van der Waals surface area contributed by atoms with Crippen LogP contribution < -0.4 is 5.32 Å². The van der Waals surface area contributed by atoms with Crippen molar-refractivity contribution in [3.63, 3.8) is 0 Å². The summed E-state index contributed by atoms with van der Waals surface area (Å²) < 4.78 is 0. The van der Waals surface area contributed by atoms with Gasteiger partial charge in [-0.15, -0.1) is 0 Å². The topological polar surface area (TPSA) is 32.3 Å². The summed E-state index contributed by atoms with van der Waals surface area (Å²) >= 11 is 0. The van der Waals surface area contributed by atoms with Crippen molar-refractivity contribution in [3.05, 3.63) is 0 Å². The van der Waals surface area contributed by atoms with E-state index >= 15 is 0 Å². The first-order chi connectivity index (χ1) is 8.25. The Kier molecular flexibility index (Phi) is 3.12. The molecule has 0 aromatic carbocycles. The third-order valence-electron chi connectivity index (χ3n) is 4.46. The Bertz CT molecular complexity index is 281. The lowest BCUT2D eigenvalue weighted by Gasteiger charge is -2.28. The van der Waals surface area contributed by atoms with Gasteiger partial charge in [-0.1, -0.05) is 0 Å². The number of rotatable bonds is 7. The molecule has 1 N–H and O–H groups in total. The normalized spacial score (nSPS) is 24.1. The van der Waals surface area contributed by atoms with Crippen LogP contribution in [0.25, 0.3) is 0 Å². The quantitative estimate of drug-likeness (QED) is 0.728. The van der Waals surface area contributed by atoms with E-state index in [0.717, 1.165) is 24.3 Å². The molecule has 0 heterocycles. The molecule has 0 saturated heterocycles. The van der Waals surface area contributed by atoms with Gasteiger partial charge in [0, 0.05) is 13.1 Å². The highest BCUT2D eigenvalue weighted by molar-refractivity contribution is 5.78. The minimum Gasteiger partial charge on any atom is -0.341 e. The Morgan fingerprint density at radius 3 is 2.24 bits per heavy atom. The van der Waals surface area contributed by atoms with Crippen molar-refractivity contribution in [3.8, 4) is 0 Å². The maximum atomic E-state index is 12.1. The van der Waals surface area contributed by atoms with Gasteiger partial charge >= 0.3 is 0 Å². The van der Waals surface area contributed by atoms with Gasteiger partial charge in [0.05, 0.1) is 6.54 Å². The molecule has 0 unspecified atom stereocenters. The first-order valence-corrected chi connectivity index (χ1v) is 7.22. The van der Waals surface area contributed by atoms with Crippen molar-refractivity contribution in [1.82, 2.24) is 10.2 Å². The Labute approximate surface area is 104 Å². The van der Waals surface area contributed by atoms with Crippen molar-refractivity contribution >= 4 is 5.91 Å². The molecule has 3 rings (SSSR count). The van der Waals surface area contributed by atoms with Crippen molar-refractivity contribution in [2.75, 3.05) is 20.1 Å². The van der Waals surface area contributed by atoms with Crippen LogP contribution in [0, 0.1) is 17.8 Å². The monoisotopic (exact) mass is 236 g/mol. The maximum Gasteiger partial charge on any atom is 0.236 e. The van der Waals surface area contributed by atoms with E-state index in [9.17, 15) is 4.79 Å². The lowest BCUT2D eigenvalue weighted by atomic mass is 10.1. The summed E-state index contributed by atoms with van der Waals surface area (Å²) in [7, 11) is 2.02. The largest absolute Gasteiger partial charge is 0.341 e. The highest BCUT2D eigenvalue weighted by Crippen LogP contribution is 2.46. The zero-order chi connectivity index (χ0) is 11.8. The summed E-state index contributed by atoms with van der Waals surface area (Å²) in [5.74, 6) is 2.80. The van der Waals surface area contributed by atoms with E-state index in [1.165, 1.54) is 38.5 Å². The SMILES string of the molecule is CN(C(=O)CNCC1CC1)C(C1CC1)C1CC1. The van der Waals surface area contributed by atoms with Crippen LogP contribution in [0.4, 0.5) is 0 Å². The summed E-state index contributed by atoms with van der Waals surface area (Å²) in [5.41, 5.74) is 0. The minimum absolute atomic E-state index is 0.300. The second kappa shape index (κ2) is 4.60. The van der Waals surface area contributed by atoms with Crippen LogP contribution >= 0.6 is 0 Å². The number of carbonyl (C=O) groups is 1. The van der Waals surface area contributed by atoms with Crippen molar-refractivity contribution < 1.29 is 4.79 Å². The predicted octanol–water partition coefficient (Wildman–Crippen LogP) is 1.63.